The number of nitrogens with zero attached hydrogens (tertiary/aromatic N) is 4. The van der Waals surface area contributed by atoms with E-state index < -0.39 is 30.9 Å². The van der Waals surface area contributed by atoms with E-state index in [1.807, 2.05) is 47.1 Å². The normalized spacial score (nSPS) is 11.9. The molecule has 0 saturated heterocycles. The summed E-state index contributed by atoms with van der Waals surface area (Å²) in [6.45, 7) is -0.00945. The quantitative estimate of drug-likeness (QED) is 0.413. The Morgan fingerprint density at radius 2 is 1.63 bits per heavy atom. The fourth-order valence-electron chi connectivity index (χ4n) is 4.17. The summed E-state index contributed by atoms with van der Waals surface area (Å²) in [5.74, 6) is -0.897. The van der Waals surface area contributed by atoms with E-state index in [-0.39, 0.29) is 0 Å². The molecule has 0 spiro atoms. The molecule has 0 atom stereocenters. The van der Waals surface area contributed by atoms with Crippen molar-refractivity contribution in [3.8, 4) is 16.8 Å². The van der Waals surface area contributed by atoms with Crippen molar-refractivity contribution in [2.24, 2.45) is 0 Å². The molecule has 7 nitrogen and oxygen atoms in total. The fraction of sp³-hybridized carbons (Fsp3) is 0.160. The van der Waals surface area contributed by atoms with Gasteiger partial charge in [-0.2, -0.15) is 18.3 Å². The number of carbonyl (C=O) groups excluding carboxylic acids is 1. The van der Waals surface area contributed by atoms with E-state index in [9.17, 15) is 22.8 Å². The van der Waals surface area contributed by atoms with Crippen molar-refractivity contribution in [2.75, 3.05) is 6.54 Å². The standard InChI is InChI=1S/C25H20F3N5O2/c1-16-5-4-8-20-19(13-30-33(16)20)17-9-11-18(12-10-17)32-22-7-3-2-6-21(22)31(24(32)35)14-23(34)29-15-25(26,27)28/h2-13H,14-15H2,1H3,(H,29,34). The number of para-hydroxylation sites is 2. The first-order valence-electron chi connectivity index (χ1n) is 10.8. The van der Waals surface area contributed by atoms with Crippen molar-refractivity contribution < 1.29 is 18.0 Å². The maximum absolute atomic E-state index is 13.3. The van der Waals surface area contributed by atoms with Crippen molar-refractivity contribution in [3.63, 3.8) is 0 Å². The van der Waals surface area contributed by atoms with Crippen LogP contribution in [0.5, 0.6) is 0 Å². The summed E-state index contributed by atoms with van der Waals surface area (Å²) in [5, 5.41) is 6.25. The van der Waals surface area contributed by atoms with Crippen LogP contribution < -0.4 is 11.0 Å². The average molecular weight is 479 g/mol. The first-order chi connectivity index (χ1) is 16.7. The number of halogens is 3. The molecule has 5 aromatic rings. The van der Waals surface area contributed by atoms with E-state index in [4.69, 9.17) is 0 Å². The molecule has 0 saturated carbocycles. The molecule has 0 bridgehead atoms. The average Bonchev–Trinajstić information content (AvgIpc) is 3.38. The number of imidazole rings is 1. The summed E-state index contributed by atoms with van der Waals surface area (Å²) in [7, 11) is 0. The van der Waals surface area contributed by atoms with Crippen LogP contribution in [0.4, 0.5) is 13.2 Å². The lowest BCUT2D eigenvalue weighted by atomic mass is 10.1. The van der Waals surface area contributed by atoms with Crippen LogP contribution in [0, 0.1) is 6.92 Å². The summed E-state index contributed by atoms with van der Waals surface area (Å²) in [6, 6.07) is 20.1. The second-order valence-electron chi connectivity index (χ2n) is 8.15. The molecule has 3 heterocycles. The second-order valence-corrected chi connectivity index (χ2v) is 8.15. The highest BCUT2D eigenvalue weighted by atomic mass is 19.4. The largest absolute Gasteiger partial charge is 0.405 e. The van der Waals surface area contributed by atoms with Crippen LogP contribution >= 0.6 is 0 Å². The van der Waals surface area contributed by atoms with Crippen molar-refractivity contribution in [1.82, 2.24) is 24.1 Å². The summed E-state index contributed by atoms with van der Waals surface area (Å²) in [5.41, 5.74) is 4.85. The number of aryl methyl sites for hydroxylation is 1. The van der Waals surface area contributed by atoms with Gasteiger partial charge in [-0.3, -0.25) is 13.9 Å². The van der Waals surface area contributed by atoms with Gasteiger partial charge in [0.1, 0.15) is 13.1 Å². The maximum Gasteiger partial charge on any atom is 0.405 e. The molecular formula is C25H20F3N5O2. The Balaban J connectivity index is 1.51. The third-order valence-corrected chi connectivity index (χ3v) is 5.79. The molecule has 0 aliphatic carbocycles. The summed E-state index contributed by atoms with van der Waals surface area (Å²) in [4.78, 5) is 25.4. The first-order valence-corrected chi connectivity index (χ1v) is 10.8. The zero-order valence-corrected chi connectivity index (χ0v) is 18.6. The van der Waals surface area contributed by atoms with Gasteiger partial charge in [0, 0.05) is 11.3 Å². The second kappa shape index (κ2) is 8.46. The van der Waals surface area contributed by atoms with Crippen LogP contribution in [-0.2, 0) is 11.3 Å². The minimum atomic E-state index is -4.53. The minimum Gasteiger partial charge on any atom is -0.345 e. The molecule has 0 unspecified atom stereocenters. The van der Waals surface area contributed by atoms with Gasteiger partial charge >= 0.3 is 11.9 Å². The number of pyridine rings is 1. The molecule has 10 heteroatoms. The predicted molar refractivity (Wildman–Crippen MR) is 126 cm³/mol. The van der Waals surface area contributed by atoms with Crippen LogP contribution in [-0.4, -0.2) is 37.4 Å². The van der Waals surface area contributed by atoms with Crippen LogP contribution in [0.2, 0.25) is 0 Å². The Hall–Kier alpha value is -4.34. The van der Waals surface area contributed by atoms with Crippen LogP contribution in [0.1, 0.15) is 5.69 Å². The predicted octanol–water partition coefficient (Wildman–Crippen LogP) is 4.09. The smallest absolute Gasteiger partial charge is 0.345 e. The molecule has 35 heavy (non-hydrogen) atoms. The molecule has 1 amide bonds. The number of hydrogen-bond donors (Lipinski definition) is 1. The topological polar surface area (TPSA) is 73.3 Å². The third kappa shape index (κ3) is 4.18. The van der Waals surface area contributed by atoms with Gasteiger partial charge in [0.2, 0.25) is 5.91 Å². The number of fused-ring (bicyclic) bond motifs is 2. The van der Waals surface area contributed by atoms with E-state index in [2.05, 4.69) is 5.10 Å². The number of nitrogens with one attached hydrogen (secondary N) is 1. The van der Waals surface area contributed by atoms with Crippen LogP contribution in [0.25, 0.3) is 33.4 Å². The fourth-order valence-corrected chi connectivity index (χ4v) is 4.17. The molecule has 0 aliphatic rings. The highest BCUT2D eigenvalue weighted by Crippen LogP contribution is 2.27. The molecule has 1 N–H and O–H groups in total. The van der Waals surface area contributed by atoms with Gasteiger partial charge in [-0.1, -0.05) is 30.3 Å². The molecule has 3 aromatic heterocycles. The molecule has 0 aliphatic heterocycles. The van der Waals surface area contributed by atoms with Gasteiger partial charge in [-0.05, 0) is 48.9 Å². The number of carbonyl (C=O) groups is 1. The summed E-state index contributed by atoms with van der Waals surface area (Å²) in [6.07, 6.45) is -2.74. The lowest BCUT2D eigenvalue weighted by Gasteiger charge is -2.08. The molecule has 5 rings (SSSR count). The highest BCUT2D eigenvalue weighted by molar-refractivity contribution is 5.83. The van der Waals surface area contributed by atoms with Crippen molar-refractivity contribution >= 4 is 22.5 Å². The maximum atomic E-state index is 13.3. The zero-order valence-electron chi connectivity index (χ0n) is 18.6. The zero-order chi connectivity index (χ0) is 24.7. The number of benzene rings is 2. The van der Waals surface area contributed by atoms with Crippen molar-refractivity contribution in [1.29, 1.82) is 0 Å². The van der Waals surface area contributed by atoms with Gasteiger partial charge in [0.25, 0.3) is 0 Å². The Bertz CT molecular complexity index is 1610. The van der Waals surface area contributed by atoms with Gasteiger partial charge in [0.05, 0.1) is 28.4 Å². The lowest BCUT2D eigenvalue weighted by molar-refractivity contribution is -0.138. The number of hydrogen-bond acceptors (Lipinski definition) is 3. The number of aromatic nitrogens is 4. The molecule has 0 radical (unpaired) electrons. The summed E-state index contributed by atoms with van der Waals surface area (Å²) < 4.78 is 41.8. The van der Waals surface area contributed by atoms with E-state index in [0.29, 0.717) is 16.7 Å². The summed E-state index contributed by atoms with van der Waals surface area (Å²) >= 11 is 0. The minimum absolute atomic E-state index is 0.446. The molecule has 2 aromatic carbocycles. The van der Waals surface area contributed by atoms with Crippen LogP contribution in [0.3, 0.4) is 0 Å². The Morgan fingerprint density at radius 1 is 0.943 bits per heavy atom. The van der Waals surface area contributed by atoms with E-state index in [1.54, 1.807) is 42.6 Å². The SMILES string of the molecule is Cc1cccc2c(-c3ccc(-n4c(=O)n(CC(=O)NCC(F)(F)F)c5ccccc54)cc3)cnn12. The van der Waals surface area contributed by atoms with Gasteiger partial charge in [0.15, 0.2) is 0 Å². The van der Waals surface area contributed by atoms with Gasteiger partial charge in [-0.15, -0.1) is 0 Å². The number of amides is 1. The van der Waals surface area contributed by atoms with Gasteiger partial charge < -0.3 is 5.32 Å². The van der Waals surface area contributed by atoms with Crippen LogP contribution in [0.15, 0.2) is 77.7 Å². The Kier molecular flexibility index (Phi) is 5.43. The molecule has 0 fully saturated rings. The van der Waals surface area contributed by atoms with Crippen molar-refractivity contribution in [2.45, 2.75) is 19.6 Å². The van der Waals surface area contributed by atoms with E-state index in [1.165, 1.54) is 9.13 Å². The Labute approximate surface area is 197 Å². The number of rotatable bonds is 5. The highest BCUT2D eigenvalue weighted by Gasteiger charge is 2.28. The van der Waals surface area contributed by atoms with Gasteiger partial charge in [-0.25, -0.2) is 9.31 Å². The monoisotopic (exact) mass is 479 g/mol. The molecular weight excluding hydrogens is 459 g/mol. The van der Waals surface area contributed by atoms with E-state index in [0.717, 1.165) is 22.3 Å². The lowest BCUT2D eigenvalue weighted by Crippen LogP contribution is -2.37. The third-order valence-electron chi connectivity index (χ3n) is 5.79. The Morgan fingerprint density at radius 3 is 2.34 bits per heavy atom. The number of alkyl halides is 3. The molecule has 178 valence electrons. The van der Waals surface area contributed by atoms with Crippen molar-refractivity contribution in [3.05, 3.63) is 89.1 Å². The van der Waals surface area contributed by atoms with E-state index >= 15 is 0 Å². The first kappa shape index (κ1) is 22.5.